The van der Waals surface area contributed by atoms with Crippen molar-refractivity contribution in [3.63, 3.8) is 0 Å². The van der Waals surface area contributed by atoms with Crippen LogP contribution >= 0.6 is 0 Å². The number of hydrogen-bond acceptors (Lipinski definition) is 7. The van der Waals surface area contributed by atoms with Crippen LogP contribution in [0.3, 0.4) is 0 Å². The van der Waals surface area contributed by atoms with Crippen molar-refractivity contribution in [1.82, 2.24) is 19.9 Å². The number of nitrogens with zero attached hydrogens (tertiary/aromatic N) is 4. The molecule has 28 heavy (non-hydrogen) atoms. The van der Waals surface area contributed by atoms with Crippen LogP contribution in [0, 0.1) is 6.92 Å². The Morgan fingerprint density at radius 3 is 2.61 bits per heavy atom. The molecule has 0 atom stereocenters. The Kier molecular flexibility index (Phi) is 4.97. The largest absolute Gasteiger partial charge is 0.438 e. The first-order chi connectivity index (χ1) is 13.7. The third-order valence-electron chi connectivity index (χ3n) is 4.27. The van der Waals surface area contributed by atoms with Crippen LogP contribution in [0.2, 0.25) is 0 Å². The summed E-state index contributed by atoms with van der Waals surface area (Å²) in [6, 6.07) is 13.6. The zero-order chi connectivity index (χ0) is 19.3. The van der Waals surface area contributed by atoms with Crippen LogP contribution in [0.4, 0.5) is 11.5 Å². The fourth-order valence-electron chi connectivity index (χ4n) is 2.82. The number of nitrogens with one attached hydrogen (secondary N) is 1. The summed E-state index contributed by atoms with van der Waals surface area (Å²) < 4.78 is 5.70. The second-order valence-electron chi connectivity index (χ2n) is 6.42. The molecule has 0 spiro atoms. The van der Waals surface area contributed by atoms with E-state index in [0.717, 1.165) is 41.1 Å². The average molecular weight is 372 g/mol. The van der Waals surface area contributed by atoms with Gasteiger partial charge in [-0.15, -0.1) is 0 Å². The fraction of sp³-hybridized carbons (Fsp3) is 0.143. The third kappa shape index (κ3) is 4.15. The highest BCUT2D eigenvalue weighted by molar-refractivity contribution is 5.91. The number of aryl methyl sites for hydroxylation is 1. The number of hydrogen-bond donors (Lipinski definition) is 2. The van der Waals surface area contributed by atoms with Gasteiger partial charge in [-0.3, -0.25) is 4.98 Å². The first-order valence-electron chi connectivity index (χ1n) is 8.97. The van der Waals surface area contributed by atoms with Crippen LogP contribution in [0.1, 0.15) is 11.3 Å². The predicted molar refractivity (Wildman–Crippen MR) is 109 cm³/mol. The molecule has 2 heterocycles. The van der Waals surface area contributed by atoms with Gasteiger partial charge in [0.1, 0.15) is 17.9 Å². The lowest BCUT2D eigenvalue weighted by Gasteiger charge is -2.09. The molecule has 0 amide bonds. The average Bonchev–Trinajstić information content (AvgIpc) is 2.71. The molecule has 4 rings (SSSR count). The van der Waals surface area contributed by atoms with Gasteiger partial charge < -0.3 is 15.8 Å². The maximum absolute atomic E-state index is 5.89. The summed E-state index contributed by atoms with van der Waals surface area (Å²) >= 11 is 0. The molecule has 0 aliphatic carbocycles. The Labute approximate surface area is 162 Å². The minimum Gasteiger partial charge on any atom is -0.438 e. The molecule has 4 aromatic rings. The van der Waals surface area contributed by atoms with E-state index in [1.807, 2.05) is 49.4 Å². The Balaban J connectivity index is 1.37. The summed E-state index contributed by atoms with van der Waals surface area (Å²) in [6.07, 6.45) is 5.70. The fourth-order valence-corrected chi connectivity index (χ4v) is 2.82. The second kappa shape index (κ2) is 7.87. The summed E-state index contributed by atoms with van der Waals surface area (Å²) in [5.74, 6) is 2.00. The topological polar surface area (TPSA) is 98.8 Å². The maximum atomic E-state index is 5.89. The van der Waals surface area contributed by atoms with E-state index >= 15 is 0 Å². The molecule has 2 aromatic heterocycles. The number of rotatable bonds is 6. The minimum absolute atomic E-state index is 0.481. The predicted octanol–water partition coefficient (Wildman–Crippen LogP) is 3.76. The highest BCUT2D eigenvalue weighted by Gasteiger charge is 2.04. The quantitative estimate of drug-likeness (QED) is 0.497. The number of anilines is 2. The summed E-state index contributed by atoms with van der Waals surface area (Å²) in [6.45, 7) is 2.63. The zero-order valence-corrected chi connectivity index (χ0v) is 15.5. The van der Waals surface area contributed by atoms with Crippen molar-refractivity contribution in [2.75, 3.05) is 17.6 Å². The molecule has 0 fully saturated rings. The summed E-state index contributed by atoms with van der Waals surface area (Å²) in [7, 11) is 0. The van der Waals surface area contributed by atoms with E-state index in [2.05, 4.69) is 25.3 Å². The molecule has 0 saturated carbocycles. The van der Waals surface area contributed by atoms with Gasteiger partial charge in [0.05, 0.1) is 23.6 Å². The van der Waals surface area contributed by atoms with Crippen molar-refractivity contribution in [3.8, 4) is 11.6 Å². The maximum Gasteiger partial charge on any atom is 0.237 e. The van der Waals surface area contributed by atoms with Gasteiger partial charge in [0.2, 0.25) is 5.88 Å². The van der Waals surface area contributed by atoms with E-state index in [-0.39, 0.29) is 0 Å². The van der Waals surface area contributed by atoms with E-state index < -0.39 is 0 Å². The molecule has 0 bridgehead atoms. The Bertz CT molecular complexity index is 1080. The summed E-state index contributed by atoms with van der Waals surface area (Å²) in [5, 5.41) is 4.29. The normalized spacial score (nSPS) is 10.8. The molecule has 2 aromatic carbocycles. The standard InChI is InChI=1S/C21H20N6O/c1-14-11-25-20(12-24-14)28-17-5-2-15(3-6-17)8-9-23-21-18-10-16(22)4-7-19(18)26-13-27-21/h2-7,10-13H,8-9,22H2,1H3,(H,23,26,27). The molecule has 0 radical (unpaired) electrons. The first-order valence-corrected chi connectivity index (χ1v) is 8.97. The van der Waals surface area contributed by atoms with Crippen molar-refractivity contribution in [2.45, 2.75) is 13.3 Å². The van der Waals surface area contributed by atoms with Gasteiger partial charge in [0, 0.05) is 17.6 Å². The van der Waals surface area contributed by atoms with Gasteiger partial charge in [-0.05, 0) is 49.2 Å². The number of benzene rings is 2. The molecule has 3 N–H and O–H groups in total. The van der Waals surface area contributed by atoms with E-state index in [9.17, 15) is 0 Å². The van der Waals surface area contributed by atoms with Gasteiger partial charge in [-0.2, -0.15) is 0 Å². The lowest BCUT2D eigenvalue weighted by atomic mass is 10.1. The Hall–Kier alpha value is -3.74. The number of nitrogen functional groups attached to an aromatic ring is 1. The van der Waals surface area contributed by atoms with Gasteiger partial charge in [-0.1, -0.05) is 12.1 Å². The highest BCUT2D eigenvalue weighted by atomic mass is 16.5. The lowest BCUT2D eigenvalue weighted by Crippen LogP contribution is -2.07. The van der Waals surface area contributed by atoms with Crippen molar-refractivity contribution >= 4 is 22.4 Å². The molecule has 0 unspecified atom stereocenters. The van der Waals surface area contributed by atoms with Crippen molar-refractivity contribution < 1.29 is 4.74 Å². The number of ether oxygens (including phenoxy) is 1. The van der Waals surface area contributed by atoms with Gasteiger partial charge in [-0.25, -0.2) is 15.0 Å². The van der Waals surface area contributed by atoms with E-state index in [1.165, 1.54) is 5.56 Å². The smallest absolute Gasteiger partial charge is 0.237 e. The van der Waals surface area contributed by atoms with Gasteiger partial charge in [0.15, 0.2) is 0 Å². The van der Waals surface area contributed by atoms with Crippen LogP contribution in [0.5, 0.6) is 11.6 Å². The molecule has 7 nitrogen and oxygen atoms in total. The summed E-state index contributed by atoms with van der Waals surface area (Å²) in [4.78, 5) is 17.0. The number of fused-ring (bicyclic) bond motifs is 1. The van der Waals surface area contributed by atoms with Crippen LogP contribution in [0.25, 0.3) is 10.9 Å². The summed E-state index contributed by atoms with van der Waals surface area (Å²) in [5.41, 5.74) is 9.49. The third-order valence-corrected chi connectivity index (χ3v) is 4.27. The van der Waals surface area contributed by atoms with E-state index in [0.29, 0.717) is 11.6 Å². The zero-order valence-electron chi connectivity index (χ0n) is 15.5. The molecule has 0 saturated heterocycles. The SMILES string of the molecule is Cc1cnc(Oc2ccc(CCNc3ncnc4ccc(N)cc34)cc2)cn1. The van der Waals surface area contributed by atoms with Crippen molar-refractivity contribution in [2.24, 2.45) is 0 Å². The van der Waals surface area contributed by atoms with Crippen LogP contribution in [-0.4, -0.2) is 26.5 Å². The second-order valence-corrected chi connectivity index (χ2v) is 6.42. The highest BCUT2D eigenvalue weighted by Crippen LogP contribution is 2.22. The van der Waals surface area contributed by atoms with E-state index in [4.69, 9.17) is 10.5 Å². The van der Waals surface area contributed by atoms with Crippen LogP contribution in [-0.2, 0) is 6.42 Å². The molecule has 140 valence electrons. The number of nitrogens with two attached hydrogens (primary N) is 1. The van der Waals surface area contributed by atoms with Crippen molar-refractivity contribution in [1.29, 1.82) is 0 Å². The lowest BCUT2D eigenvalue weighted by molar-refractivity contribution is 0.459. The van der Waals surface area contributed by atoms with Gasteiger partial charge >= 0.3 is 0 Å². The molecular formula is C21H20N6O. The minimum atomic E-state index is 0.481. The van der Waals surface area contributed by atoms with Crippen LogP contribution in [0.15, 0.2) is 61.2 Å². The Morgan fingerprint density at radius 2 is 1.82 bits per heavy atom. The monoisotopic (exact) mass is 372 g/mol. The van der Waals surface area contributed by atoms with Gasteiger partial charge in [0.25, 0.3) is 0 Å². The van der Waals surface area contributed by atoms with Crippen LogP contribution < -0.4 is 15.8 Å². The van der Waals surface area contributed by atoms with Crippen molar-refractivity contribution in [3.05, 3.63) is 72.4 Å². The molecule has 0 aliphatic rings. The molecular weight excluding hydrogens is 352 g/mol. The Morgan fingerprint density at radius 1 is 0.964 bits per heavy atom. The van der Waals surface area contributed by atoms with E-state index in [1.54, 1.807) is 18.7 Å². The number of aromatic nitrogens is 4. The molecule has 0 aliphatic heterocycles. The molecule has 7 heteroatoms. The first kappa shape index (κ1) is 17.7.